The third-order valence-corrected chi connectivity index (χ3v) is 12.0. The quantitative estimate of drug-likeness (QED) is 0.308. The van der Waals surface area contributed by atoms with Crippen LogP contribution in [0.15, 0.2) is 11.1 Å². The van der Waals surface area contributed by atoms with Gasteiger partial charge in [-0.15, -0.1) is 0 Å². The average Bonchev–Trinajstić information content (AvgIpc) is 3.08. The minimum atomic E-state index is -0.519. The van der Waals surface area contributed by atoms with Crippen molar-refractivity contribution in [1.82, 2.24) is 0 Å². The fraction of sp³-hybridized carbons (Fsp3) is 0.875. The first-order chi connectivity index (χ1) is 17.7. The minimum absolute atomic E-state index is 0.000635. The Morgan fingerprint density at radius 2 is 1.74 bits per heavy atom. The summed E-state index contributed by atoms with van der Waals surface area (Å²) in [4.78, 5) is 25.4. The number of aliphatic hydroxyl groups excluding tert-OH is 2. The molecule has 0 spiro atoms. The van der Waals surface area contributed by atoms with Gasteiger partial charge < -0.3 is 20.7 Å². The lowest BCUT2D eigenvalue weighted by atomic mass is 9.36. The molecule has 0 amide bonds. The summed E-state index contributed by atoms with van der Waals surface area (Å²) in [5.41, 5.74) is 7.49. The molecule has 216 valence electrons. The standard InChI is InChI=1S/C32H53NO5/c1-18(2)9-8-10-21(19(3)34)28-24-15-26(37)29-30(5)13-12-25(36)22(17-33)23(30)11-14-31(29,6)32(24,7)16-27(28)38-20(4)35/h18,22-27,29,36-37H,8-17,33H2,1-7H3/b28-21-/t22-,23-,24-,25+,26+,27-,29-,30-,31-,32-/m0/s1. The highest BCUT2D eigenvalue weighted by Gasteiger charge is 2.71. The first-order valence-corrected chi connectivity index (χ1v) is 15.2. The summed E-state index contributed by atoms with van der Waals surface area (Å²) in [5, 5.41) is 22.8. The number of carbonyl (C=O) groups is 2. The van der Waals surface area contributed by atoms with Crippen molar-refractivity contribution in [2.45, 2.75) is 125 Å². The van der Waals surface area contributed by atoms with E-state index in [2.05, 4.69) is 34.6 Å². The number of Topliss-reactive ketones (excluding diaryl/α,β-unsaturated/α-hetero) is 1. The van der Waals surface area contributed by atoms with E-state index >= 15 is 0 Å². The second-order valence-electron chi connectivity index (χ2n) is 14.4. The average molecular weight is 532 g/mol. The Labute approximate surface area is 230 Å². The summed E-state index contributed by atoms with van der Waals surface area (Å²) in [6.07, 6.45) is 6.16. The Bertz CT molecular complexity index is 959. The maximum absolute atomic E-state index is 13.1. The Balaban J connectivity index is 1.80. The highest BCUT2D eigenvalue weighted by molar-refractivity contribution is 5.94. The lowest BCUT2D eigenvalue weighted by molar-refractivity contribution is -0.234. The SMILES string of the molecule is CC(=O)O[C@H]1C[C@@]2(C)[C@@H](C[C@@H](O)[C@H]3[C@@]4(C)CC[C@@H](O)[C@@H](CN)[C@@H]4CC[C@@]32C)/C1=C(\CCCC(C)C)C(C)=O. The molecule has 0 radical (unpaired) electrons. The van der Waals surface area contributed by atoms with Crippen molar-refractivity contribution in [3.05, 3.63) is 11.1 Å². The second kappa shape index (κ2) is 10.6. The van der Waals surface area contributed by atoms with Crippen LogP contribution < -0.4 is 5.73 Å². The molecule has 38 heavy (non-hydrogen) atoms. The minimum Gasteiger partial charge on any atom is -0.458 e. The molecule has 4 aliphatic rings. The van der Waals surface area contributed by atoms with E-state index in [0.717, 1.165) is 49.7 Å². The third-order valence-electron chi connectivity index (χ3n) is 12.0. The van der Waals surface area contributed by atoms with E-state index in [4.69, 9.17) is 10.5 Å². The molecule has 0 aromatic heterocycles. The van der Waals surface area contributed by atoms with Crippen molar-refractivity contribution in [2.24, 2.45) is 51.6 Å². The lowest BCUT2D eigenvalue weighted by Gasteiger charge is -2.69. The van der Waals surface area contributed by atoms with Crippen molar-refractivity contribution in [2.75, 3.05) is 6.54 Å². The summed E-state index contributed by atoms with van der Waals surface area (Å²) in [6.45, 7) is 15.0. The van der Waals surface area contributed by atoms with Gasteiger partial charge in [-0.1, -0.05) is 41.0 Å². The molecule has 4 N–H and O–H groups in total. The molecule has 0 aliphatic heterocycles. The number of allylic oxidation sites excluding steroid dienone is 1. The molecule has 0 bridgehead atoms. The van der Waals surface area contributed by atoms with E-state index in [1.807, 2.05) is 0 Å². The zero-order valence-corrected chi connectivity index (χ0v) is 24.9. The number of esters is 1. The van der Waals surface area contributed by atoms with Gasteiger partial charge in [-0.3, -0.25) is 9.59 Å². The zero-order valence-electron chi connectivity index (χ0n) is 24.9. The highest BCUT2D eigenvalue weighted by atomic mass is 16.5. The number of carbonyl (C=O) groups excluding carboxylic acids is 2. The highest BCUT2D eigenvalue weighted by Crippen LogP contribution is 2.74. The van der Waals surface area contributed by atoms with Crippen LogP contribution in [0.1, 0.15) is 106 Å². The summed E-state index contributed by atoms with van der Waals surface area (Å²) in [7, 11) is 0. The van der Waals surface area contributed by atoms with Crippen molar-refractivity contribution < 1.29 is 24.5 Å². The van der Waals surface area contributed by atoms with Gasteiger partial charge in [0.25, 0.3) is 0 Å². The number of aliphatic hydroxyl groups is 2. The van der Waals surface area contributed by atoms with Crippen molar-refractivity contribution in [3.63, 3.8) is 0 Å². The molecule has 10 atom stereocenters. The Kier molecular flexibility index (Phi) is 8.32. The summed E-state index contributed by atoms with van der Waals surface area (Å²) < 4.78 is 6.00. The topological polar surface area (TPSA) is 110 Å². The van der Waals surface area contributed by atoms with Gasteiger partial charge in [-0.2, -0.15) is 0 Å². The van der Waals surface area contributed by atoms with E-state index in [1.165, 1.54) is 6.92 Å². The number of nitrogens with two attached hydrogens (primary N) is 1. The van der Waals surface area contributed by atoms with Crippen LogP contribution in [0.5, 0.6) is 0 Å². The van der Waals surface area contributed by atoms with Crippen LogP contribution in [0.25, 0.3) is 0 Å². The van der Waals surface area contributed by atoms with Gasteiger partial charge in [0.15, 0.2) is 5.78 Å². The van der Waals surface area contributed by atoms with E-state index in [1.54, 1.807) is 6.92 Å². The first kappa shape index (κ1) is 29.7. The molecule has 0 aromatic carbocycles. The predicted molar refractivity (Wildman–Crippen MR) is 149 cm³/mol. The molecular formula is C32H53NO5. The van der Waals surface area contributed by atoms with Gasteiger partial charge in [-0.25, -0.2) is 0 Å². The molecule has 0 aromatic rings. The second-order valence-corrected chi connectivity index (χ2v) is 14.4. The zero-order chi connectivity index (χ0) is 28.2. The number of ketones is 1. The van der Waals surface area contributed by atoms with Gasteiger partial charge in [0.05, 0.1) is 12.2 Å². The summed E-state index contributed by atoms with van der Waals surface area (Å²) in [6, 6.07) is 0. The van der Waals surface area contributed by atoms with Crippen LogP contribution >= 0.6 is 0 Å². The number of hydrogen-bond acceptors (Lipinski definition) is 6. The van der Waals surface area contributed by atoms with Gasteiger partial charge >= 0.3 is 5.97 Å². The molecule has 0 heterocycles. The summed E-state index contributed by atoms with van der Waals surface area (Å²) >= 11 is 0. The Morgan fingerprint density at radius 1 is 1.05 bits per heavy atom. The fourth-order valence-electron chi connectivity index (χ4n) is 10.2. The van der Waals surface area contributed by atoms with Crippen LogP contribution in [-0.4, -0.2) is 46.8 Å². The smallest absolute Gasteiger partial charge is 0.303 e. The largest absolute Gasteiger partial charge is 0.458 e. The molecule has 4 rings (SSSR count). The molecule has 0 saturated heterocycles. The van der Waals surface area contributed by atoms with E-state index in [-0.39, 0.29) is 57.8 Å². The van der Waals surface area contributed by atoms with Crippen molar-refractivity contribution in [3.8, 4) is 0 Å². The third kappa shape index (κ3) is 4.60. The van der Waals surface area contributed by atoms with Crippen molar-refractivity contribution >= 4 is 11.8 Å². The molecular weight excluding hydrogens is 478 g/mol. The van der Waals surface area contributed by atoms with Gasteiger partial charge in [-0.05, 0) is 116 Å². The lowest BCUT2D eigenvalue weighted by Crippen LogP contribution is -2.66. The van der Waals surface area contributed by atoms with E-state index in [9.17, 15) is 19.8 Å². The molecule has 0 unspecified atom stereocenters. The van der Waals surface area contributed by atoms with Crippen LogP contribution in [0.2, 0.25) is 0 Å². The van der Waals surface area contributed by atoms with Crippen LogP contribution in [0.4, 0.5) is 0 Å². The van der Waals surface area contributed by atoms with Crippen LogP contribution in [0.3, 0.4) is 0 Å². The van der Waals surface area contributed by atoms with E-state index < -0.39 is 12.2 Å². The molecule has 4 saturated carbocycles. The number of ether oxygens (including phenoxy) is 1. The molecule has 6 heteroatoms. The van der Waals surface area contributed by atoms with Gasteiger partial charge in [0, 0.05) is 12.8 Å². The maximum Gasteiger partial charge on any atom is 0.303 e. The normalized spacial score (nSPS) is 45.7. The van der Waals surface area contributed by atoms with Gasteiger partial charge in [0.2, 0.25) is 0 Å². The number of rotatable bonds is 7. The predicted octanol–water partition coefficient (Wildman–Crippen LogP) is 5.19. The van der Waals surface area contributed by atoms with Crippen LogP contribution in [0, 0.1) is 45.8 Å². The maximum atomic E-state index is 13.1. The molecule has 6 nitrogen and oxygen atoms in total. The Hall–Kier alpha value is -1.24. The number of fused-ring (bicyclic) bond motifs is 5. The molecule has 4 fully saturated rings. The summed E-state index contributed by atoms with van der Waals surface area (Å²) in [5.74, 6) is 0.725. The molecule has 4 aliphatic carbocycles. The van der Waals surface area contributed by atoms with E-state index in [0.29, 0.717) is 31.7 Å². The Morgan fingerprint density at radius 3 is 2.32 bits per heavy atom. The monoisotopic (exact) mass is 531 g/mol. The van der Waals surface area contributed by atoms with Gasteiger partial charge in [0.1, 0.15) is 6.10 Å². The fourth-order valence-corrected chi connectivity index (χ4v) is 10.2. The first-order valence-electron chi connectivity index (χ1n) is 15.2. The number of hydrogen-bond donors (Lipinski definition) is 3. The van der Waals surface area contributed by atoms with Crippen LogP contribution in [-0.2, 0) is 14.3 Å². The van der Waals surface area contributed by atoms with Crippen molar-refractivity contribution in [1.29, 1.82) is 0 Å².